The van der Waals surface area contributed by atoms with E-state index in [0.717, 1.165) is 24.4 Å². The van der Waals surface area contributed by atoms with Crippen LogP contribution >= 0.6 is 11.8 Å². The molecule has 3 atom stereocenters. The fourth-order valence-corrected chi connectivity index (χ4v) is 6.07. The standard InChI is InChI=1S/C24H27N5S/c1-4-19-15-30-24-27-22(21-9-5-6-11-26-21)23(29(19)24)20-12-16(2)28(17(20)3)14-18-8-7-10-25-13-18/h5-13,19,22-23H,4,14-15H2,1-3H3/t19-,22+,23+/m0/s1. The lowest BCUT2D eigenvalue weighted by Crippen LogP contribution is -2.35. The van der Waals surface area contributed by atoms with Crippen molar-refractivity contribution in [1.82, 2.24) is 19.4 Å². The minimum atomic E-state index is 0.0374. The second-order valence-corrected chi connectivity index (χ2v) is 9.10. The van der Waals surface area contributed by atoms with Gasteiger partial charge in [0.15, 0.2) is 5.17 Å². The van der Waals surface area contributed by atoms with E-state index in [1.165, 1.54) is 27.7 Å². The van der Waals surface area contributed by atoms with E-state index < -0.39 is 0 Å². The number of pyridine rings is 2. The van der Waals surface area contributed by atoms with Gasteiger partial charge >= 0.3 is 0 Å². The molecule has 0 aliphatic carbocycles. The zero-order chi connectivity index (χ0) is 20.7. The lowest BCUT2D eigenvalue weighted by Gasteiger charge is -2.32. The quantitative estimate of drug-likeness (QED) is 0.591. The third-order valence-electron chi connectivity index (χ3n) is 6.32. The van der Waals surface area contributed by atoms with E-state index in [1.54, 1.807) is 0 Å². The molecule has 30 heavy (non-hydrogen) atoms. The van der Waals surface area contributed by atoms with Crippen molar-refractivity contribution in [3.63, 3.8) is 0 Å². The zero-order valence-corrected chi connectivity index (χ0v) is 18.5. The molecule has 0 amide bonds. The predicted molar refractivity (Wildman–Crippen MR) is 123 cm³/mol. The Morgan fingerprint density at radius 3 is 2.77 bits per heavy atom. The topological polar surface area (TPSA) is 46.3 Å². The SMILES string of the molecule is CC[C@H]1CSC2=N[C@H](c3ccccn3)[C@@H](c3cc(C)n(Cc4cccnc4)c3C)N21. The summed E-state index contributed by atoms with van der Waals surface area (Å²) in [6, 6.07) is 13.4. The normalized spacial score (nSPS) is 23.0. The molecule has 1 fully saturated rings. The molecule has 2 aliphatic heterocycles. The summed E-state index contributed by atoms with van der Waals surface area (Å²) in [7, 11) is 0. The van der Waals surface area contributed by atoms with Crippen LogP contribution in [0.4, 0.5) is 0 Å². The third-order valence-corrected chi connectivity index (χ3v) is 7.45. The molecule has 6 heteroatoms. The van der Waals surface area contributed by atoms with Crippen molar-refractivity contribution in [3.8, 4) is 0 Å². The molecule has 154 valence electrons. The number of hydrogen-bond donors (Lipinski definition) is 0. The van der Waals surface area contributed by atoms with E-state index in [1.807, 2.05) is 42.5 Å². The van der Waals surface area contributed by atoms with Gasteiger partial charge in [-0.25, -0.2) is 0 Å². The average molecular weight is 418 g/mol. The van der Waals surface area contributed by atoms with Crippen LogP contribution in [0, 0.1) is 13.8 Å². The van der Waals surface area contributed by atoms with Gasteiger partial charge in [-0.15, -0.1) is 0 Å². The molecule has 5 heterocycles. The van der Waals surface area contributed by atoms with Gasteiger partial charge in [0.25, 0.3) is 0 Å². The molecule has 0 aromatic carbocycles. The molecule has 5 nitrogen and oxygen atoms in total. The maximum atomic E-state index is 5.16. The van der Waals surface area contributed by atoms with Gasteiger partial charge < -0.3 is 9.47 Å². The highest BCUT2D eigenvalue weighted by atomic mass is 32.2. The number of hydrogen-bond acceptors (Lipinski definition) is 5. The molecule has 0 saturated carbocycles. The van der Waals surface area contributed by atoms with E-state index in [2.05, 4.69) is 64.5 Å². The minimum absolute atomic E-state index is 0.0374. The summed E-state index contributed by atoms with van der Waals surface area (Å²) in [5, 5.41) is 1.18. The van der Waals surface area contributed by atoms with Gasteiger partial charge in [-0.3, -0.25) is 15.0 Å². The fraction of sp³-hybridized carbons (Fsp3) is 0.375. The van der Waals surface area contributed by atoms with Crippen molar-refractivity contribution in [1.29, 1.82) is 0 Å². The van der Waals surface area contributed by atoms with Gasteiger partial charge in [0.2, 0.25) is 0 Å². The highest BCUT2D eigenvalue weighted by molar-refractivity contribution is 8.14. The summed E-state index contributed by atoms with van der Waals surface area (Å²) in [6.07, 6.45) is 6.80. The summed E-state index contributed by atoms with van der Waals surface area (Å²) in [6.45, 7) is 7.57. The van der Waals surface area contributed by atoms with E-state index in [-0.39, 0.29) is 12.1 Å². The van der Waals surface area contributed by atoms with Gasteiger partial charge in [-0.1, -0.05) is 30.8 Å². The Bertz CT molecular complexity index is 1060. The van der Waals surface area contributed by atoms with Crippen LogP contribution in [0.15, 0.2) is 60.0 Å². The van der Waals surface area contributed by atoms with E-state index in [9.17, 15) is 0 Å². The summed E-state index contributed by atoms with van der Waals surface area (Å²) in [5.74, 6) is 1.12. The molecule has 0 spiro atoms. The molecule has 0 radical (unpaired) electrons. The molecule has 5 rings (SSSR count). The van der Waals surface area contributed by atoms with Crippen molar-refractivity contribution >= 4 is 16.9 Å². The van der Waals surface area contributed by atoms with Gasteiger partial charge in [0, 0.05) is 48.3 Å². The van der Waals surface area contributed by atoms with E-state index >= 15 is 0 Å². The van der Waals surface area contributed by atoms with Crippen LogP contribution in [0.1, 0.15) is 53.6 Å². The van der Waals surface area contributed by atoms with Gasteiger partial charge in [0.1, 0.15) is 6.04 Å². The Hall–Kier alpha value is -2.60. The molecule has 0 N–H and O–H groups in total. The van der Waals surface area contributed by atoms with Crippen LogP contribution in [-0.2, 0) is 6.54 Å². The Morgan fingerprint density at radius 1 is 1.13 bits per heavy atom. The van der Waals surface area contributed by atoms with Crippen LogP contribution in [0.3, 0.4) is 0 Å². The van der Waals surface area contributed by atoms with Crippen molar-refractivity contribution < 1.29 is 0 Å². The number of aliphatic imine (C=N–C) groups is 1. The van der Waals surface area contributed by atoms with Crippen molar-refractivity contribution in [2.75, 3.05) is 5.75 Å². The van der Waals surface area contributed by atoms with Crippen LogP contribution < -0.4 is 0 Å². The molecular weight excluding hydrogens is 390 g/mol. The Morgan fingerprint density at radius 2 is 2.03 bits per heavy atom. The number of amidine groups is 1. The first-order valence-electron chi connectivity index (χ1n) is 10.6. The number of fused-ring (bicyclic) bond motifs is 1. The number of nitrogens with zero attached hydrogens (tertiary/aromatic N) is 5. The first-order chi connectivity index (χ1) is 14.7. The fourth-order valence-electron chi connectivity index (χ4n) is 4.73. The molecule has 3 aromatic heterocycles. The van der Waals surface area contributed by atoms with Crippen molar-refractivity contribution in [2.24, 2.45) is 4.99 Å². The second-order valence-electron chi connectivity index (χ2n) is 8.11. The third kappa shape index (κ3) is 3.23. The number of rotatable bonds is 5. The van der Waals surface area contributed by atoms with Crippen molar-refractivity contribution in [2.45, 2.75) is 51.9 Å². The highest BCUT2D eigenvalue weighted by Gasteiger charge is 2.46. The number of aryl methyl sites for hydroxylation is 1. The van der Waals surface area contributed by atoms with Gasteiger partial charge in [-0.2, -0.15) is 0 Å². The number of aromatic nitrogens is 3. The van der Waals surface area contributed by atoms with Crippen molar-refractivity contribution in [3.05, 3.63) is 83.2 Å². The summed E-state index contributed by atoms with van der Waals surface area (Å²) in [5.41, 5.74) is 6.23. The first kappa shape index (κ1) is 19.4. The maximum absolute atomic E-state index is 5.16. The maximum Gasteiger partial charge on any atom is 0.160 e. The molecule has 0 bridgehead atoms. The van der Waals surface area contributed by atoms with Crippen LogP contribution in [0.2, 0.25) is 0 Å². The van der Waals surface area contributed by atoms with E-state index in [4.69, 9.17) is 4.99 Å². The van der Waals surface area contributed by atoms with Gasteiger partial charge in [0.05, 0.1) is 11.7 Å². The predicted octanol–water partition coefficient (Wildman–Crippen LogP) is 4.92. The lowest BCUT2D eigenvalue weighted by molar-refractivity contribution is 0.254. The lowest BCUT2D eigenvalue weighted by atomic mass is 9.95. The molecule has 3 aromatic rings. The van der Waals surface area contributed by atoms with Gasteiger partial charge in [-0.05, 0) is 55.7 Å². The van der Waals surface area contributed by atoms with Crippen LogP contribution in [0.25, 0.3) is 0 Å². The summed E-state index contributed by atoms with van der Waals surface area (Å²) in [4.78, 5) is 16.7. The molecule has 0 unspecified atom stereocenters. The zero-order valence-electron chi connectivity index (χ0n) is 17.7. The average Bonchev–Trinajstić information content (AvgIpc) is 3.43. The second kappa shape index (κ2) is 7.91. The first-order valence-corrected chi connectivity index (χ1v) is 11.6. The summed E-state index contributed by atoms with van der Waals surface area (Å²) >= 11 is 1.90. The summed E-state index contributed by atoms with van der Waals surface area (Å²) < 4.78 is 2.41. The van der Waals surface area contributed by atoms with E-state index in [0.29, 0.717) is 6.04 Å². The monoisotopic (exact) mass is 417 g/mol. The smallest absolute Gasteiger partial charge is 0.160 e. The Labute approximate surface area is 182 Å². The largest absolute Gasteiger partial charge is 0.344 e. The Balaban J connectivity index is 1.57. The minimum Gasteiger partial charge on any atom is -0.344 e. The molecular formula is C24H27N5S. The molecule has 2 aliphatic rings. The Kier molecular flexibility index (Phi) is 5.11. The van der Waals surface area contributed by atoms with Crippen LogP contribution in [-0.4, -0.2) is 36.4 Å². The number of thioether (sulfide) groups is 1. The highest BCUT2D eigenvalue weighted by Crippen LogP contribution is 2.49. The van der Waals surface area contributed by atoms with Crippen LogP contribution in [0.5, 0.6) is 0 Å². The molecule has 1 saturated heterocycles.